The molecule has 0 radical (unpaired) electrons. The Balaban J connectivity index is 2.67. The summed E-state index contributed by atoms with van der Waals surface area (Å²) in [6, 6.07) is 3.78. The van der Waals surface area contributed by atoms with Crippen LogP contribution in [0.25, 0.3) is 0 Å². The molecule has 0 spiro atoms. The quantitative estimate of drug-likeness (QED) is 0.701. The number of hydrogen-bond donors (Lipinski definition) is 2. The lowest BCUT2D eigenvalue weighted by atomic mass is 10.3. The zero-order chi connectivity index (χ0) is 11.8. The fraction of sp³-hybridized carbons (Fsp3) is 0.231. The predicted molar refractivity (Wildman–Crippen MR) is 64.6 cm³/mol. The van der Waals surface area contributed by atoms with E-state index in [2.05, 4.69) is 35.5 Å². The molecule has 0 unspecified atom stereocenters. The zero-order valence-corrected chi connectivity index (χ0v) is 9.56. The van der Waals surface area contributed by atoms with Crippen molar-refractivity contribution in [3.63, 3.8) is 0 Å². The Hall–Kier alpha value is -1.70. The molecule has 1 aromatic rings. The summed E-state index contributed by atoms with van der Waals surface area (Å²) in [4.78, 5) is 1.85. The molecule has 0 fully saturated rings. The maximum Gasteiger partial charge on any atom is 0.138 e. The van der Waals surface area contributed by atoms with Gasteiger partial charge in [0.2, 0.25) is 0 Å². The summed E-state index contributed by atoms with van der Waals surface area (Å²) in [5, 5.41) is 17.4. The number of thiophene rings is 1. The molecule has 0 bridgehead atoms. The highest BCUT2D eigenvalue weighted by atomic mass is 32.1. The van der Waals surface area contributed by atoms with Gasteiger partial charge in [0.15, 0.2) is 0 Å². The van der Waals surface area contributed by atoms with E-state index in [1.165, 1.54) is 11.3 Å². The summed E-state index contributed by atoms with van der Waals surface area (Å²) in [5.41, 5.74) is 0. The first-order chi connectivity index (χ1) is 7.76. The van der Waals surface area contributed by atoms with E-state index in [0.29, 0.717) is 0 Å². The lowest BCUT2D eigenvalue weighted by Crippen LogP contribution is -2.07. The summed E-state index contributed by atoms with van der Waals surface area (Å²) >= 11 is 1.50. The van der Waals surface area contributed by atoms with Gasteiger partial charge in [-0.05, 0) is 36.8 Å². The molecule has 80 valence electrons. The van der Waals surface area contributed by atoms with Crippen molar-refractivity contribution in [2.75, 3.05) is 6.61 Å². The number of aliphatic hydroxyl groups is 2. The van der Waals surface area contributed by atoms with Gasteiger partial charge >= 0.3 is 0 Å². The highest BCUT2D eigenvalue weighted by Crippen LogP contribution is 2.13. The molecule has 0 aromatic carbocycles. The predicted octanol–water partition coefficient (Wildman–Crippen LogP) is 0.828. The van der Waals surface area contributed by atoms with E-state index in [4.69, 9.17) is 10.2 Å². The monoisotopic (exact) mass is 230 g/mol. The van der Waals surface area contributed by atoms with Crippen LogP contribution in [0.4, 0.5) is 0 Å². The van der Waals surface area contributed by atoms with Gasteiger partial charge in [-0.25, -0.2) is 0 Å². The summed E-state index contributed by atoms with van der Waals surface area (Å²) in [5.74, 6) is 16.1. The van der Waals surface area contributed by atoms with Gasteiger partial charge in [0.1, 0.15) is 6.10 Å². The molecule has 3 heteroatoms. The van der Waals surface area contributed by atoms with Gasteiger partial charge in [-0.15, -0.1) is 17.3 Å². The van der Waals surface area contributed by atoms with E-state index >= 15 is 0 Å². The van der Waals surface area contributed by atoms with Crippen LogP contribution in [0.5, 0.6) is 0 Å². The van der Waals surface area contributed by atoms with E-state index < -0.39 is 6.10 Å². The van der Waals surface area contributed by atoms with Crippen molar-refractivity contribution in [2.24, 2.45) is 0 Å². The Kier molecular flexibility index (Phi) is 5.20. The normalized spacial score (nSPS) is 9.94. The third-order valence-electron chi connectivity index (χ3n) is 1.51. The minimum atomic E-state index is -1.01. The highest BCUT2D eigenvalue weighted by molar-refractivity contribution is 7.13. The first-order valence-electron chi connectivity index (χ1n) is 4.59. The Labute approximate surface area is 98.9 Å². The molecule has 1 atom stereocenters. The van der Waals surface area contributed by atoms with Gasteiger partial charge in [0.25, 0.3) is 0 Å². The summed E-state index contributed by atoms with van der Waals surface area (Å²) < 4.78 is 0. The smallest absolute Gasteiger partial charge is 0.138 e. The van der Waals surface area contributed by atoms with E-state index in [1.807, 2.05) is 12.1 Å². The largest absolute Gasteiger partial charge is 0.393 e. The first kappa shape index (κ1) is 12.4. The Morgan fingerprint density at radius 3 is 2.56 bits per heavy atom. The second-order valence-electron chi connectivity index (χ2n) is 2.76. The molecule has 0 saturated heterocycles. The van der Waals surface area contributed by atoms with Gasteiger partial charge in [-0.3, -0.25) is 0 Å². The molecule has 0 aliphatic heterocycles. The van der Waals surface area contributed by atoms with Crippen molar-refractivity contribution in [3.8, 4) is 35.5 Å². The van der Waals surface area contributed by atoms with Crippen LogP contribution < -0.4 is 0 Å². The van der Waals surface area contributed by atoms with E-state index in [1.54, 1.807) is 6.92 Å². The maximum absolute atomic E-state index is 8.92. The molecular formula is C13H10O2S. The molecule has 1 rings (SSSR count). The van der Waals surface area contributed by atoms with Gasteiger partial charge in [-0.1, -0.05) is 11.8 Å². The lowest BCUT2D eigenvalue weighted by Gasteiger charge is -1.90. The van der Waals surface area contributed by atoms with Gasteiger partial charge in [0.05, 0.1) is 16.4 Å². The van der Waals surface area contributed by atoms with E-state index in [9.17, 15) is 0 Å². The molecule has 2 nitrogen and oxygen atoms in total. The van der Waals surface area contributed by atoms with Gasteiger partial charge in [0, 0.05) is 0 Å². The van der Waals surface area contributed by atoms with Crippen molar-refractivity contribution in [3.05, 3.63) is 21.9 Å². The highest BCUT2D eigenvalue weighted by Gasteiger charge is 1.93. The SMILES string of the molecule is CC#Cc1ccc(C#CC#C[C@@H](O)CO)s1. The van der Waals surface area contributed by atoms with E-state index in [0.717, 1.165) is 9.75 Å². The first-order valence-corrected chi connectivity index (χ1v) is 5.41. The Morgan fingerprint density at radius 2 is 1.94 bits per heavy atom. The minimum absolute atomic E-state index is 0.371. The molecule has 0 aliphatic rings. The summed E-state index contributed by atoms with van der Waals surface area (Å²) in [6.45, 7) is 1.41. The second-order valence-corrected chi connectivity index (χ2v) is 3.84. The van der Waals surface area contributed by atoms with Crippen LogP contribution in [-0.4, -0.2) is 22.9 Å². The number of hydrogen-bond acceptors (Lipinski definition) is 3. The molecule has 16 heavy (non-hydrogen) atoms. The van der Waals surface area contributed by atoms with Gasteiger partial charge in [-0.2, -0.15) is 0 Å². The summed E-state index contributed by atoms with van der Waals surface area (Å²) in [7, 11) is 0. The average Bonchev–Trinajstić information content (AvgIpc) is 2.72. The zero-order valence-electron chi connectivity index (χ0n) is 8.74. The number of rotatable bonds is 1. The standard InChI is InChI=1S/C13H10O2S/c1-2-5-12-8-9-13(16-12)7-4-3-6-11(15)10-14/h8-9,11,14-15H,10H2,1H3/t11-/m1/s1. The molecule has 0 aliphatic carbocycles. The fourth-order valence-electron chi connectivity index (χ4n) is 0.853. The van der Waals surface area contributed by atoms with Crippen LogP contribution in [0.2, 0.25) is 0 Å². The molecule has 0 saturated carbocycles. The van der Waals surface area contributed by atoms with Crippen LogP contribution in [0.3, 0.4) is 0 Å². The van der Waals surface area contributed by atoms with Crippen molar-refractivity contribution in [1.29, 1.82) is 0 Å². The van der Waals surface area contributed by atoms with Crippen LogP contribution in [0.1, 0.15) is 16.7 Å². The Bertz CT molecular complexity index is 523. The number of aliphatic hydroxyl groups excluding tert-OH is 2. The third kappa shape index (κ3) is 4.22. The van der Waals surface area contributed by atoms with Crippen molar-refractivity contribution >= 4 is 11.3 Å². The molecular weight excluding hydrogens is 220 g/mol. The fourth-order valence-corrected chi connectivity index (χ4v) is 1.62. The van der Waals surface area contributed by atoms with Crippen LogP contribution in [0, 0.1) is 35.5 Å². The van der Waals surface area contributed by atoms with Crippen molar-refractivity contribution < 1.29 is 10.2 Å². The van der Waals surface area contributed by atoms with Crippen LogP contribution in [0.15, 0.2) is 12.1 Å². The second kappa shape index (κ2) is 6.72. The molecule has 1 heterocycles. The van der Waals surface area contributed by atoms with E-state index in [-0.39, 0.29) is 6.61 Å². The summed E-state index contributed by atoms with van der Waals surface area (Å²) in [6.07, 6.45) is -1.01. The topological polar surface area (TPSA) is 40.5 Å². The van der Waals surface area contributed by atoms with Crippen molar-refractivity contribution in [2.45, 2.75) is 13.0 Å². The average molecular weight is 230 g/mol. The van der Waals surface area contributed by atoms with Crippen LogP contribution in [-0.2, 0) is 0 Å². The van der Waals surface area contributed by atoms with Crippen molar-refractivity contribution in [1.82, 2.24) is 0 Å². The molecule has 1 aromatic heterocycles. The van der Waals surface area contributed by atoms with Crippen LogP contribution >= 0.6 is 11.3 Å². The maximum atomic E-state index is 8.92. The lowest BCUT2D eigenvalue weighted by molar-refractivity contribution is 0.138. The van der Waals surface area contributed by atoms with Gasteiger partial charge < -0.3 is 10.2 Å². The molecule has 2 N–H and O–H groups in total. The third-order valence-corrected chi connectivity index (χ3v) is 2.43. The molecule has 0 amide bonds. The minimum Gasteiger partial charge on any atom is -0.393 e. The Morgan fingerprint density at radius 1 is 1.25 bits per heavy atom.